The zero-order valence-corrected chi connectivity index (χ0v) is 17.6. The van der Waals surface area contributed by atoms with Crippen LogP contribution in [0, 0.1) is 6.92 Å². The van der Waals surface area contributed by atoms with Crippen LogP contribution in [0.3, 0.4) is 0 Å². The summed E-state index contributed by atoms with van der Waals surface area (Å²) in [5, 5.41) is 4.16. The number of nitrogens with zero attached hydrogens (tertiary/aromatic N) is 3. The van der Waals surface area contributed by atoms with Crippen molar-refractivity contribution in [3.8, 4) is 0 Å². The van der Waals surface area contributed by atoms with Gasteiger partial charge in [-0.2, -0.15) is 0 Å². The fourth-order valence-corrected chi connectivity index (χ4v) is 3.78. The fraction of sp³-hybridized carbons (Fsp3) is 0.304. The molecule has 2 aliphatic rings. The van der Waals surface area contributed by atoms with E-state index in [9.17, 15) is 14.4 Å². The first-order valence-electron chi connectivity index (χ1n) is 10.4. The third kappa shape index (κ3) is 4.14. The minimum atomic E-state index is -0.702. The number of benzene rings is 2. The largest absolute Gasteiger partial charge is 0.339 e. The molecule has 160 valence electrons. The summed E-state index contributed by atoms with van der Waals surface area (Å²) < 4.78 is 0. The third-order valence-corrected chi connectivity index (χ3v) is 5.55. The van der Waals surface area contributed by atoms with Gasteiger partial charge in [-0.25, -0.2) is 10.0 Å². The molecular formula is C23H25N5O3. The molecule has 1 atom stereocenters. The molecule has 0 saturated carbocycles. The average Bonchev–Trinajstić information content (AvgIpc) is 3.32. The summed E-state index contributed by atoms with van der Waals surface area (Å²) in [7, 11) is 0. The number of para-hydroxylation sites is 1. The average molecular weight is 419 g/mol. The summed E-state index contributed by atoms with van der Waals surface area (Å²) in [6, 6.07) is 13.6. The minimum absolute atomic E-state index is 0.0197. The topological polar surface area (TPSA) is 94.1 Å². The molecule has 1 unspecified atom stereocenters. The lowest BCUT2D eigenvalue weighted by Crippen LogP contribution is -2.57. The molecule has 2 aliphatic heterocycles. The van der Waals surface area contributed by atoms with Crippen LogP contribution >= 0.6 is 0 Å². The number of likely N-dealkylation sites (tertiary alicyclic amines) is 1. The Hall–Kier alpha value is -3.68. The van der Waals surface area contributed by atoms with Crippen LogP contribution in [0.15, 0.2) is 53.5 Å². The van der Waals surface area contributed by atoms with Crippen LogP contribution < -0.4 is 15.8 Å². The van der Waals surface area contributed by atoms with E-state index in [1.54, 1.807) is 37.3 Å². The van der Waals surface area contributed by atoms with E-state index in [-0.39, 0.29) is 17.6 Å². The van der Waals surface area contributed by atoms with Crippen LogP contribution in [0.2, 0.25) is 0 Å². The van der Waals surface area contributed by atoms with Crippen LogP contribution in [0.4, 0.5) is 11.4 Å². The van der Waals surface area contributed by atoms with Crippen molar-refractivity contribution in [2.75, 3.05) is 23.4 Å². The Kier molecular flexibility index (Phi) is 5.70. The molecule has 3 amide bonds. The first kappa shape index (κ1) is 20.6. The van der Waals surface area contributed by atoms with Crippen molar-refractivity contribution in [2.24, 2.45) is 4.99 Å². The van der Waals surface area contributed by atoms with Gasteiger partial charge in [0.2, 0.25) is 5.84 Å². The smallest absolute Gasteiger partial charge is 0.292 e. The first-order valence-corrected chi connectivity index (χ1v) is 10.4. The summed E-state index contributed by atoms with van der Waals surface area (Å²) in [4.78, 5) is 44.4. The SMILES string of the molecule is Cc1c(NC(=O)C2=NC(C)C(=O)N(c3ccccc3)N2)cccc1C(=O)N1CCCC1. The first-order chi connectivity index (χ1) is 15.0. The lowest BCUT2D eigenvalue weighted by molar-refractivity contribution is -0.120. The molecule has 2 N–H and O–H groups in total. The standard InChI is InChI=1S/C23H25N5O3/c1-15-18(23(31)27-13-6-7-14-27)11-8-12-19(15)25-21(29)20-24-16(2)22(30)28(26-20)17-9-4-3-5-10-17/h3-5,8-12,16H,6-7,13-14H2,1-2H3,(H,24,26)(H,25,29). The van der Waals surface area contributed by atoms with Gasteiger partial charge in [-0.15, -0.1) is 0 Å². The van der Waals surface area contributed by atoms with E-state index in [4.69, 9.17) is 0 Å². The van der Waals surface area contributed by atoms with Crippen LogP contribution in [0.25, 0.3) is 0 Å². The Morgan fingerprint density at radius 2 is 1.77 bits per heavy atom. The maximum Gasteiger partial charge on any atom is 0.292 e. The van der Waals surface area contributed by atoms with Crippen LogP contribution in [-0.4, -0.2) is 47.6 Å². The van der Waals surface area contributed by atoms with Gasteiger partial charge in [0.1, 0.15) is 6.04 Å². The Morgan fingerprint density at radius 1 is 1.06 bits per heavy atom. The summed E-state index contributed by atoms with van der Waals surface area (Å²) in [5.41, 5.74) is 5.25. The lowest BCUT2D eigenvalue weighted by atomic mass is 10.1. The molecule has 0 radical (unpaired) electrons. The Bertz CT molecular complexity index is 1040. The molecule has 0 aromatic heterocycles. The van der Waals surface area contributed by atoms with E-state index in [1.807, 2.05) is 30.0 Å². The van der Waals surface area contributed by atoms with E-state index in [0.29, 0.717) is 22.5 Å². The van der Waals surface area contributed by atoms with Crippen molar-refractivity contribution in [2.45, 2.75) is 32.7 Å². The minimum Gasteiger partial charge on any atom is -0.339 e. The summed E-state index contributed by atoms with van der Waals surface area (Å²) in [5.74, 6) is -0.716. The number of rotatable bonds is 4. The molecule has 1 saturated heterocycles. The van der Waals surface area contributed by atoms with Gasteiger partial charge < -0.3 is 10.2 Å². The van der Waals surface area contributed by atoms with Gasteiger partial charge in [-0.1, -0.05) is 24.3 Å². The van der Waals surface area contributed by atoms with Gasteiger partial charge in [0.05, 0.1) is 5.69 Å². The number of hydrogen-bond acceptors (Lipinski definition) is 5. The predicted octanol–water partition coefficient (Wildman–Crippen LogP) is 2.51. The van der Waals surface area contributed by atoms with Crippen LogP contribution in [-0.2, 0) is 9.59 Å². The molecule has 8 heteroatoms. The molecule has 0 aliphatic carbocycles. The maximum atomic E-state index is 12.9. The van der Waals surface area contributed by atoms with Gasteiger partial charge in [-0.05, 0) is 56.5 Å². The fourth-order valence-electron chi connectivity index (χ4n) is 3.78. The molecule has 31 heavy (non-hydrogen) atoms. The molecule has 1 fully saturated rings. The van der Waals surface area contributed by atoms with E-state index >= 15 is 0 Å². The Morgan fingerprint density at radius 3 is 2.48 bits per heavy atom. The van der Waals surface area contributed by atoms with E-state index in [2.05, 4.69) is 15.7 Å². The number of aliphatic imine (C=N–C) groups is 1. The van der Waals surface area contributed by atoms with Crippen molar-refractivity contribution in [3.63, 3.8) is 0 Å². The summed E-state index contributed by atoms with van der Waals surface area (Å²) >= 11 is 0. The molecule has 4 rings (SSSR count). The highest BCUT2D eigenvalue weighted by Gasteiger charge is 2.31. The van der Waals surface area contributed by atoms with Crippen LogP contribution in [0.1, 0.15) is 35.7 Å². The van der Waals surface area contributed by atoms with Crippen molar-refractivity contribution in [1.82, 2.24) is 10.3 Å². The van der Waals surface area contributed by atoms with Crippen molar-refractivity contribution < 1.29 is 14.4 Å². The number of nitrogens with one attached hydrogen (secondary N) is 2. The zero-order chi connectivity index (χ0) is 22.0. The van der Waals surface area contributed by atoms with E-state index < -0.39 is 11.9 Å². The number of anilines is 2. The van der Waals surface area contributed by atoms with Crippen LogP contribution in [0.5, 0.6) is 0 Å². The van der Waals surface area contributed by atoms with Gasteiger partial charge in [-0.3, -0.25) is 19.8 Å². The molecule has 2 aromatic carbocycles. The maximum absolute atomic E-state index is 12.9. The number of hydrogen-bond donors (Lipinski definition) is 2. The van der Waals surface area contributed by atoms with Crippen molar-refractivity contribution >= 4 is 34.9 Å². The molecule has 0 bridgehead atoms. The van der Waals surface area contributed by atoms with E-state index in [1.165, 1.54) is 5.01 Å². The second-order valence-corrected chi connectivity index (χ2v) is 7.71. The molecule has 2 aromatic rings. The molecule has 8 nitrogen and oxygen atoms in total. The monoisotopic (exact) mass is 419 g/mol. The van der Waals surface area contributed by atoms with Gasteiger partial charge in [0.15, 0.2) is 0 Å². The van der Waals surface area contributed by atoms with Crippen molar-refractivity contribution in [3.05, 3.63) is 59.7 Å². The number of hydrazine groups is 1. The zero-order valence-electron chi connectivity index (χ0n) is 17.6. The number of amidine groups is 1. The summed E-state index contributed by atoms with van der Waals surface area (Å²) in [6.07, 6.45) is 2.03. The highest BCUT2D eigenvalue weighted by molar-refractivity contribution is 6.43. The van der Waals surface area contributed by atoms with Gasteiger partial charge in [0, 0.05) is 24.3 Å². The second kappa shape index (κ2) is 8.59. The third-order valence-electron chi connectivity index (χ3n) is 5.55. The Balaban J connectivity index is 1.54. The quantitative estimate of drug-likeness (QED) is 0.796. The molecule has 2 heterocycles. The second-order valence-electron chi connectivity index (χ2n) is 7.71. The Labute approximate surface area is 180 Å². The highest BCUT2D eigenvalue weighted by Crippen LogP contribution is 2.23. The molecule has 0 spiro atoms. The number of carbonyl (C=O) groups is 3. The highest BCUT2D eigenvalue weighted by atomic mass is 16.2. The normalized spacial score (nSPS) is 18.5. The lowest BCUT2D eigenvalue weighted by Gasteiger charge is -2.30. The number of amides is 3. The van der Waals surface area contributed by atoms with Gasteiger partial charge in [0.25, 0.3) is 17.7 Å². The number of carbonyl (C=O) groups excluding carboxylic acids is 3. The predicted molar refractivity (Wildman–Crippen MR) is 119 cm³/mol. The molecular weight excluding hydrogens is 394 g/mol. The van der Waals surface area contributed by atoms with Crippen molar-refractivity contribution in [1.29, 1.82) is 0 Å². The van der Waals surface area contributed by atoms with Gasteiger partial charge >= 0.3 is 0 Å². The summed E-state index contributed by atoms with van der Waals surface area (Å²) in [6.45, 7) is 4.98. The van der Waals surface area contributed by atoms with E-state index in [0.717, 1.165) is 25.9 Å².